The van der Waals surface area contributed by atoms with Crippen LogP contribution in [-0.2, 0) is 12.0 Å². The molecular weight excluding hydrogens is 512 g/mol. The van der Waals surface area contributed by atoms with Gasteiger partial charge in [-0.1, -0.05) is 32.9 Å². The van der Waals surface area contributed by atoms with Gasteiger partial charge >= 0.3 is 0 Å². The molecule has 0 aliphatic carbocycles. The van der Waals surface area contributed by atoms with Crippen molar-refractivity contribution in [1.82, 2.24) is 19.5 Å². The van der Waals surface area contributed by atoms with Crippen molar-refractivity contribution in [2.75, 3.05) is 0 Å². The predicted octanol–water partition coefficient (Wildman–Crippen LogP) is 6.32. The van der Waals surface area contributed by atoms with E-state index in [1.807, 2.05) is 43.5 Å². The highest BCUT2D eigenvalue weighted by Gasteiger charge is 2.20. The average Bonchev–Trinajstić information content (AvgIpc) is 3.21. The van der Waals surface area contributed by atoms with Gasteiger partial charge in [0.2, 0.25) is 5.88 Å². The number of halogens is 1. The van der Waals surface area contributed by atoms with Gasteiger partial charge in [0.15, 0.2) is 0 Å². The monoisotopic (exact) mass is 538 g/mol. The van der Waals surface area contributed by atoms with E-state index in [1.54, 1.807) is 22.1 Å². The molecule has 0 amide bonds. The number of nitrogens with zero attached hydrogens (tertiary/aromatic N) is 4. The van der Waals surface area contributed by atoms with E-state index >= 15 is 0 Å². The molecule has 0 atom stereocenters. The van der Waals surface area contributed by atoms with Crippen molar-refractivity contribution in [1.29, 1.82) is 0 Å². The summed E-state index contributed by atoms with van der Waals surface area (Å²) in [5.41, 5.74) is 4.10. The molecular formula is C26H27BrN4O2S. The standard InChI is InChI=1S/C26H27BrN4O2S/c1-15-7-8-19(20-9-10-28-25(30-20)26(4,5)6)12-21(15)31-17(3)29-23(22(27)24(31)32)33-13-18-11-16(2)34-14-18/h7-12,14H,13H2,1-6H3. The Morgan fingerprint density at radius 1 is 1.09 bits per heavy atom. The summed E-state index contributed by atoms with van der Waals surface area (Å²) in [5, 5.41) is 2.05. The maximum absolute atomic E-state index is 13.4. The van der Waals surface area contributed by atoms with Crippen molar-refractivity contribution in [2.45, 2.75) is 53.6 Å². The van der Waals surface area contributed by atoms with Gasteiger partial charge in [-0.2, -0.15) is 4.98 Å². The molecule has 0 fully saturated rings. The van der Waals surface area contributed by atoms with Crippen LogP contribution < -0.4 is 10.3 Å². The molecule has 8 heteroatoms. The van der Waals surface area contributed by atoms with Gasteiger partial charge in [-0.05, 0) is 65.8 Å². The Morgan fingerprint density at radius 3 is 2.53 bits per heavy atom. The summed E-state index contributed by atoms with van der Waals surface area (Å²) in [6.07, 6.45) is 1.78. The van der Waals surface area contributed by atoms with E-state index < -0.39 is 0 Å². The Morgan fingerprint density at radius 2 is 1.85 bits per heavy atom. The maximum atomic E-state index is 13.4. The van der Waals surface area contributed by atoms with Gasteiger partial charge in [0, 0.05) is 27.6 Å². The van der Waals surface area contributed by atoms with Crippen LogP contribution in [0.4, 0.5) is 0 Å². The zero-order valence-corrected chi connectivity index (χ0v) is 22.5. The van der Waals surface area contributed by atoms with Crippen LogP contribution in [0.3, 0.4) is 0 Å². The topological polar surface area (TPSA) is 69.9 Å². The molecule has 0 saturated heterocycles. The quantitative estimate of drug-likeness (QED) is 0.297. The van der Waals surface area contributed by atoms with E-state index in [2.05, 4.69) is 59.7 Å². The van der Waals surface area contributed by atoms with Crippen molar-refractivity contribution in [3.63, 3.8) is 0 Å². The lowest BCUT2D eigenvalue weighted by Crippen LogP contribution is -2.24. The summed E-state index contributed by atoms with van der Waals surface area (Å²) in [4.78, 5) is 28.4. The van der Waals surface area contributed by atoms with Gasteiger partial charge in [0.1, 0.15) is 22.7 Å². The first-order chi connectivity index (χ1) is 16.0. The summed E-state index contributed by atoms with van der Waals surface area (Å²) in [5.74, 6) is 1.61. The molecule has 0 bridgehead atoms. The minimum absolute atomic E-state index is 0.163. The summed E-state index contributed by atoms with van der Waals surface area (Å²) in [6, 6.07) is 9.93. The van der Waals surface area contributed by atoms with E-state index in [0.717, 1.165) is 33.9 Å². The molecule has 176 valence electrons. The largest absolute Gasteiger partial charge is 0.472 e. The number of aryl methyl sites for hydroxylation is 3. The third-order valence-corrected chi connectivity index (χ3v) is 6.99. The number of rotatable bonds is 5. The Balaban J connectivity index is 1.73. The van der Waals surface area contributed by atoms with Crippen LogP contribution in [0.2, 0.25) is 0 Å². The van der Waals surface area contributed by atoms with Gasteiger partial charge in [0.05, 0.1) is 11.4 Å². The molecule has 0 saturated carbocycles. The number of thiophene rings is 1. The summed E-state index contributed by atoms with van der Waals surface area (Å²) in [6.45, 7) is 12.4. The fourth-order valence-corrected chi connectivity index (χ4v) is 4.65. The number of ether oxygens (including phenoxy) is 1. The average molecular weight is 539 g/mol. The fourth-order valence-electron chi connectivity index (χ4n) is 3.58. The van der Waals surface area contributed by atoms with E-state index in [0.29, 0.717) is 22.8 Å². The third kappa shape index (κ3) is 4.98. The lowest BCUT2D eigenvalue weighted by Gasteiger charge is -2.18. The van der Waals surface area contributed by atoms with Crippen LogP contribution in [-0.4, -0.2) is 19.5 Å². The van der Waals surface area contributed by atoms with Crippen molar-refractivity contribution < 1.29 is 4.74 Å². The van der Waals surface area contributed by atoms with Gasteiger partial charge in [-0.3, -0.25) is 9.36 Å². The van der Waals surface area contributed by atoms with Crippen LogP contribution in [0.1, 0.15) is 48.4 Å². The highest BCUT2D eigenvalue weighted by Crippen LogP contribution is 2.28. The molecule has 34 heavy (non-hydrogen) atoms. The molecule has 4 aromatic rings. The van der Waals surface area contributed by atoms with Crippen molar-refractivity contribution in [3.05, 3.63) is 84.4 Å². The lowest BCUT2D eigenvalue weighted by atomic mass is 9.95. The lowest BCUT2D eigenvalue weighted by molar-refractivity contribution is 0.289. The first-order valence-corrected chi connectivity index (χ1v) is 12.6. The molecule has 0 unspecified atom stereocenters. The van der Waals surface area contributed by atoms with Gasteiger partial charge < -0.3 is 4.74 Å². The Kier molecular flexibility index (Phi) is 6.73. The Labute approximate surface area is 211 Å². The molecule has 4 rings (SSSR count). The van der Waals surface area contributed by atoms with Crippen LogP contribution in [0.5, 0.6) is 5.88 Å². The zero-order valence-electron chi connectivity index (χ0n) is 20.1. The molecule has 0 aliphatic heterocycles. The molecule has 3 heterocycles. The second-order valence-electron chi connectivity index (χ2n) is 9.29. The highest BCUT2D eigenvalue weighted by atomic mass is 79.9. The van der Waals surface area contributed by atoms with Gasteiger partial charge in [-0.15, -0.1) is 11.3 Å². The number of hydrogen-bond donors (Lipinski definition) is 0. The van der Waals surface area contributed by atoms with Crippen LogP contribution in [0.15, 0.2) is 51.2 Å². The molecule has 0 aliphatic rings. The predicted molar refractivity (Wildman–Crippen MR) is 140 cm³/mol. The van der Waals surface area contributed by atoms with Gasteiger partial charge in [-0.25, -0.2) is 9.97 Å². The van der Waals surface area contributed by atoms with E-state index in [9.17, 15) is 4.79 Å². The molecule has 6 nitrogen and oxygen atoms in total. The number of hydrogen-bond acceptors (Lipinski definition) is 6. The second-order valence-corrected chi connectivity index (χ2v) is 11.2. The van der Waals surface area contributed by atoms with Crippen molar-refractivity contribution in [2.24, 2.45) is 0 Å². The highest BCUT2D eigenvalue weighted by molar-refractivity contribution is 9.10. The van der Waals surface area contributed by atoms with E-state index in [4.69, 9.17) is 9.72 Å². The first-order valence-electron chi connectivity index (χ1n) is 11.0. The van der Waals surface area contributed by atoms with Crippen LogP contribution >= 0.6 is 27.3 Å². The van der Waals surface area contributed by atoms with Crippen molar-refractivity contribution in [3.8, 4) is 22.8 Å². The minimum Gasteiger partial charge on any atom is -0.472 e. The molecule has 1 aromatic carbocycles. The van der Waals surface area contributed by atoms with Crippen LogP contribution in [0.25, 0.3) is 16.9 Å². The van der Waals surface area contributed by atoms with Gasteiger partial charge in [0.25, 0.3) is 5.56 Å². The third-order valence-electron chi connectivity index (χ3n) is 5.40. The summed E-state index contributed by atoms with van der Waals surface area (Å²) < 4.78 is 7.78. The first kappa shape index (κ1) is 24.3. The zero-order chi connectivity index (χ0) is 24.6. The smallest absolute Gasteiger partial charge is 0.276 e. The molecule has 0 spiro atoms. The Bertz CT molecular complexity index is 1420. The summed E-state index contributed by atoms with van der Waals surface area (Å²) >= 11 is 5.09. The number of benzene rings is 1. The second kappa shape index (κ2) is 9.43. The van der Waals surface area contributed by atoms with E-state index in [1.165, 1.54) is 4.88 Å². The van der Waals surface area contributed by atoms with Crippen LogP contribution in [0, 0.1) is 20.8 Å². The number of aromatic nitrogens is 4. The normalized spacial score (nSPS) is 11.6. The molecule has 3 aromatic heterocycles. The maximum Gasteiger partial charge on any atom is 0.276 e. The molecule has 0 radical (unpaired) electrons. The minimum atomic E-state index is -0.220. The van der Waals surface area contributed by atoms with Crippen molar-refractivity contribution >= 4 is 27.3 Å². The Hall–Kier alpha value is -2.84. The fraction of sp³-hybridized carbons (Fsp3) is 0.308. The molecule has 0 N–H and O–H groups in total. The SMILES string of the molecule is Cc1cc(COc2nc(C)n(-c3cc(-c4ccnc(C(C)(C)C)n4)ccc3C)c(=O)c2Br)cs1. The van der Waals surface area contributed by atoms with E-state index in [-0.39, 0.29) is 11.0 Å². The summed E-state index contributed by atoms with van der Waals surface area (Å²) in [7, 11) is 0.